The van der Waals surface area contributed by atoms with E-state index in [0.29, 0.717) is 30.4 Å². The number of rotatable bonds is 6. The molecule has 0 saturated heterocycles. The van der Waals surface area contributed by atoms with Crippen molar-refractivity contribution in [3.8, 4) is 11.5 Å². The fourth-order valence-corrected chi connectivity index (χ4v) is 4.09. The molecule has 2 aromatic carbocycles. The van der Waals surface area contributed by atoms with Crippen LogP contribution in [0.5, 0.6) is 11.5 Å². The molecule has 3 rings (SSSR count). The van der Waals surface area contributed by atoms with Gasteiger partial charge in [0.15, 0.2) is 11.5 Å². The highest BCUT2D eigenvalue weighted by atomic mass is 32.2. The van der Waals surface area contributed by atoms with Gasteiger partial charge in [0, 0.05) is 24.8 Å². The van der Waals surface area contributed by atoms with E-state index < -0.39 is 10.0 Å². The van der Waals surface area contributed by atoms with Crippen molar-refractivity contribution in [1.82, 2.24) is 0 Å². The van der Waals surface area contributed by atoms with Crippen molar-refractivity contribution in [2.75, 3.05) is 35.9 Å². The summed E-state index contributed by atoms with van der Waals surface area (Å²) in [6.45, 7) is 8.77. The second kappa shape index (κ2) is 7.45. The topological polar surface area (TPSA) is 67.9 Å². The zero-order valence-corrected chi connectivity index (χ0v) is 16.1. The van der Waals surface area contributed by atoms with Crippen LogP contribution in [-0.4, -0.2) is 34.7 Å². The Kier molecular flexibility index (Phi) is 5.27. The Bertz CT molecular complexity index is 892. The second-order valence-electron chi connectivity index (χ2n) is 6.08. The van der Waals surface area contributed by atoms with Crippen LogP contribution in [0.25, 0.3) is 0 Å². The molecule has 1 aliphatic rings. The SMILES string of the molecule is CCN(CC)c1ccc(NS(=O)(=O)c2ccc3c(c2)OCCO3)c(C)c1. The Hall–Kier alpha value is -2.41. The maximum atomic E-state index is 12.8. The number of nitrogens with zero attached hydrogens (tertiary/aromatic N) is 1. The van der Waals surface area contributed by atoms with E-state index in [4.69, 9.17) is 9.47 Å². The van der Waals surface area contributed by atoms with E-state index in [0.717, 1.165) is 24.3 Å². The van der Waals surface area contributed by atoms with Crippen LogP contribution in [0.3, 0.4) is 0 Å². The summed E-state index contributed by atoms with van der Waals surface area (Å²) in [6, 6.07) is 10.4. The summed E-state index contributed by atoms with van der Waals surface area (Å²) in [6.07, 6.45) is 0. The Labute approximate surface area is 154 Å². The Balaban J connectivity index is 1.85. The molecule has 6 nitrogen and oxygen atoms in total. The van der Waals surface area contributed by atoms with Gasteiger partial charge in [-0.25, -0.2) is 8.42 Å². The average molecular weight is 376 g/mol. The molecule has 0 fully saturated rings. The van der Waals surface area contributed by atoms with Crippen LogP contribution < -0.4 is 19.1 Å². The van der Waals surface area contributed by atoms with Gasteiger partial charge < -0.3 is 14.4 Å². The van der Waals surface area contributed by atoms with Crippen molar-refractivity contribution < 1.29 is 17.9 Å². The van der Waals surface area contributed by atoms with Gasteiger partial charge in [-0.15, -0.1) is 0 Å². The molecule has 0 aromatic heterocycles. The third kappa shape index (κ3) is 3.72. The summed E-state index contributed by atoms with van der Waals surface area (Å²) >= 11 is 0. The molecule has 0 saturated carbocycles. The lowest BCUT2D eigenvalue weighted by Crippen LogP contribution is -2.22. The molecule has 0 bridgehead atoms. The number of anilines is 2. The van der Waals surface area contributed by atoms with Crippen LogP contribution in [-0.2, 0) is 10.0 Å². The van der Waals surface area contributed by atoms with Crippen LogP contribution in [0.4, 0.5) is 11.4 Å². The summed E-state index contributed by atoms with van der Waals surface area (Å²) in [5.74, 6) is 1.02. The number of nitrogens with one attached hydrogen (secondary N) is 1. The van der Waals surface area contributed by atoms with Crippen LogP contribution in [0, 0.1) is 6.92 Å². The molecule has 1 N–H and O–H groups in total. The molecular formula is C19H24N2O4S. The van der Waals surface area contributed by atoms with Gasteiger partial charge in [0.1, 0.15) is 13.2 Å². The molecule has 1 aliphatic heterocycles. The average Bonchev–Trinajstić information content (AvgIpc) is 2.64. The summed E-state index contributed by atoms with van der Waals surface area (Å²) in [5.41, 5.74) is 2.51. The molecule has 140 valence electrons. The van der Waals surface area contributed by atoms with Gasteiger partial charge in [0.25, 0.3) is 10.0 Å². The predicted octanol–water partition coefficient (Wildman–Crippen LogP) is 3.41. The highest BCUT2D eigenvalue weighted by molar-refractivity contribution is 7.92. The van der Waals surface area contributed by atoms with Crippen LogP contribution in [0.2, 0.25) is 0 Å². The number of sulfonamides is 1. The van der Waals surface area contributed by atoms with E-state index in [9.17, 15) is 8.42 Å². The zero-order chi connectivity index (χ0) is 18.7. The summed E-state index contributed by atoms with van der Waals surface area (Å²) in [4.78, 5) is 2.36. The minimum absolute atomic E-state index is 0.147. The molecule has 2 aromatic rings. The van der Waals surface area contributed by atoms with Crippen LogP contribution in [0.1, 0.15) is 19.4 Å². The van der Waals surface area contributed by atoms with E-state index in [2.05, 4.69) is 23.5 Å². The quantitative estimate of drug-likeness (QED) is 0.837. The molecular weight excluding hydrogens is 352 g/mol. The number of ether oxygens (including phenoxy) is 2. The van der Waals surface area contributed by atoms with Crippen molar-refractivity contribution in [1.29, 1.82) is 0 Å². The second-order valence-corrected chi connectivity index (χ2v) is 7.76. The zero-order valence-electron chi connectivity index (χ0n) is 15.3. The highest BCUT2D eigenvalue weighted by Gasteiger charge is 2.20. The van der Waals surface area contributed by atoms with Gasteiger partial charge in [-0.1, -0.05) is 0 Å². The Morgan fingerprint density at radius 1 is 1.00 bits per heavy atom. The van der Waals surface area contributed by atoms with Crippen molar-refractivity contribution in [3.63, 3.8) is 0 Å². The minimum atomic E-state index is -3.71. The molecule has 0 atom stereocenters. The fourth-order valence-electron chi connectivity index (χ4n) is 2.94. The molecule has 7 heteroatoms. The molecule has 26 heavy (non-hydrogen) atoms. The monoisotopic (exact) mass is 376 g/mol. The maximum Gasteiger partial charge on any atom is 0.262 e. The normalized spacial score (nSPS) is 13.3. The first-order valence-corrected chi connectivity index (χ1v) is 10.2. The van der Waals surface area contributed by atoms with Crippen LogP contribution >= 0.6 is 0 Å². The number of aryl methyl sites for hydroxylation is 1. The minimum Gasteiger partial charge on any atom is -0.486 e. The van der Waals surface area contributed by atoms with Crippen molar-refractivity contribution in [2.45, 2.75) is 25.7 Å². The molecule has 0 spiro atoms. The molecule has 0 unspecified atom stereocenters. The van der Waals surface area contributed by atoms with Crippen molar-refractivity contribution in [2.24, 2.45) is 0 Å². The molecule has 0 amide bonds. The first-order chi connectivity index (χ1) is 12.4. The standard InChI is InChI=1S/C19H24N2O4S/c1-4-21(5-2)15-6-8-17(14(3)12-15)20-26(22,23)16-7-9-18-19(13-16)25-11-10-24-18/h6-9,12-13,20H,4-5,10-11H2,1-3H3. The Morgan fingerprint density at radius 2 is 1.69 bits per heavy atom. The number of fused-ring (bicyclic) bond motifs is 1. The lowest BCUT2D eigenvalue weighted by molar-refractivity contribution is 0.171. The summed E-state index contributed by atoms with van der Waals surface area (Å²) < 4.78 is 39.1. The van der Waals surface area contributed by atoms with Gasteiger partial charge in [-0.05, 0) is 56.7 Å². The predicted molar refractivity (Wildman–Crippen MR) is 103 cm³/mol. The molecule has 0 radical (unpaired) electrons. The van der Waals surface area contributed by atoms with E-state index in [1.165, 1.54) is 12.1 Å². The van der Waals surface area contributed by atoms with Crippen molar-refractivity contribution >= 4 is 21.4 Å². The molecule has 0 aliphatic carbocycles. The van der Waals surface area contributed by atoms with Gasteiger partial charge in [0.2, 0.25) is 0 Å². The lowest BCUT2D eigenvalue weighted by Gasteiger charge is -2.22. The third-order valence-electron chi connectivity index (χ3n) is 4.41. The summed E-state index contributed by atoms with van der Waals surface area (Å²) in [7, 11) is -3.71. The smallest absolute Gasteiger partial charge is 0.262 e. The number of benzene rings is 2. The van der Waals surface area contributed by atoms with E-state index in [-0.39, 0.29) is 4.90 Å². The van der Waals surface area contributed by atoms with Gasteiger partial charge >= 0.3 is 0 Å². The number of hydrogen-bond acceptors (Lipinski definition) is 5. The summed E-state index contributed by atoms with van der Waals surface area (Å²) in [5, 5.41) is 0. The maximum absolute atomic E-state index is 12.8. The van der Waals surface area contributed by atoms with E-state index >= 15 is 0 Å². The fraction of sp³-hybridized carbons (Fsp3) is 0.368. The van der Waals surface area contributed by atoms with E-state index in [1.807, 2.05) is 19.1 Å². The lowest BCUT2D eigenvalue weighted by atomic mass is 10.1. The van der Waals surface area contributed by atoms with Gasteiger partial charge in [-0.3, -0.25) is 4.72 Å². The Morgan fingerprint density at radius 3 is 2.35 bits per heavy atom. The number of hydrogen-bond donors (Lipinski definition) is 1. The molecule has 1 heterocycles. The van der Waals surface area contributed by atoms with Crippen LogP contribution in [0.15, 0.2) is 41.3 Å². The van der Waals surface area contributed by atoms with Crippen molar-refractivity contribution in [3.05, 3.63) is 42.0 Å². The first-order valence-electron chi connectivity index (χ1n) is 8.72. The van der Waals surface area contributed by atoms with Gasteiger partial charge in [0.05, 0.1) is 10.6 Å². The largest absolute Gasteiger partial charge is 0.486 e. The highest BCUT2D eigenvalue weighted by Crippen LogP contribution is 2.33. The van der Waals surface area contributed by atoms with E-state index in [1.54, 1.807) is 12.1 Å². The third-order valence-corrected chi connectivity index (χ3v) is 5.77. The first kappa shape index (κ1) is 18.4. The van der Waals surface area contributed by atoms with Gasteiger partial charge in [-0.2, -0.15) is 0 Å².